The summed E-state index contributed by atoms with van der Waals surface area (Å²) in [5.41, 5.74) is 0.852. The summed E-state index contributed by atoms with van der Waals surface area (Å²) in [7, 11) is 0. The first-order valence-electron chi connectivity index (χ1n) is 11.2. The molecule has 0 atom stereocenters. The first kappa shape index (κ1) is 23.1. The number of rotatable bonds is 5. The predicted molar refractivity (Wildman–Crippen MR) is 126 cm³/mol. The molecule has 36 heavy (non-hydrogen) atoms. The quantitative estimate of drug-likeness (QED) is 0.320. The number of benzene rings is 2. The molecule has 5 rings (SSSR count). The lowest BCUT2D eigenvalue weighted by atomic mass is 10.0. The number of carbonyl (C=O) groups excluding carboxylic acids is 2. The summed E-state index contributed by atoms with van der Waals surface area (Å²) in [4.78, 5) is 28.2. The Morgan fingerprint density at radius 1 is 0.972 bits per heavy atom. The van der Waals surface area contributed by atoms with Crippen molar-refractivity contribution in [2.24, 2.45) is 0 Å². The highest BCUT2D eigenvalue weighted by Gasteiger charge is 2.48. The Morgan fingerprint density at radius 3 is 2.36 bits per heavy atom. The number of aryl methyl sites for hydroxylation is 2. The van der Waals surface area contributed by atoms with Gasteiger partial charge in [-0.25, -0.2) is 18.4 Å². The van der Waals surface area contributed by atoms with Gasteiger partial charge in [-0.1, -0.05) is 19.1 Å². The van der Waals surface area contributed by atoms with Crippen molar-refractivity contribution in [3.8, 4) is 11.6 Å². The molecule has 1 aliphatic heterocycles. The molecule has 0 radical (unpaired) electrons. The SMILES string of the molecule is CCc1nn(-c2ccc(F)cc2)c([O-])c1C1=C([n+]2cccc(C)c2)C(=O)N(c2ccccc2F)C1=O. The van der Waals surface area contributed by atoms with Crippen molar-refractivity contribution in [2.45, 2.75) is 20.3 Å². The van der Waals surface area contributed by atoms with Crippen LogP contribution in [0, 0.1) is 18.6 Å². The molecular formula is C27H20F2N4O3. The van der Waals surface area contributed by atoms with Crippen molar-refractivity contribution < 1.29 is 28.0 Å². The number of para-hydroxylation sites is 1. The summed E-state index contributed by atoms with van der Waals surface area (Å²) in [6, 6.07) is 14.1. The summed E-state index contributed by atoms with van der Waals surface area (Å²) in [5, 5.41) is 18.0. The molecule has 4 aromatic rings. The summed E-state index contributed by atoms with van der Waals surface area (Å²) >= 11 is 0. The lowest BCUT2D eigenvalue weighted by Crippen LogP contribution is -2.40. The number of amides is 2. The molecule has 0 N–H and O–H groups in total. The van der Waals surface area contributed by atoms with Gasteiger partial charge < -0.3 is 5.11 Å². The van der Waals surface area contributed by atoms with Crippen LogP contribution in [0.4, 0.5) is 14.5 Å². The lowest BCUT2D eigenvalue weighted by molar-refractivity contribution is -0.577. The van der Waals surface area contributed by atoms with Gasteiger partial charge in [0.25, 0.3) is 11.6 Å². The van der Waals surface area contributed by atoms with E-state index in [1.807, 2.05) is 13.0 Å². The Labute approximate surface area is 205 Å². The number of halogens is 2. The molecule has 0 saturated heterocycles. The number of pyridine rings is 1. The molecule has 0 bridgehead atoms. The molecule has 1 aliphatic rings. The minimum atomic E-state index is -0.834. The van der Waals surface area contributed by atoms with Crippen molar-refractivity contribution in [2.75, 3.05) is 4.90 Å². The molecule has 0 aliphatic carbocycles. The topological polar surface area (TPSA) is 82.1 Å². The Bertz CT molecular complexity index is 1560. The van der Waals surface area contributed by atoms with E-state index in [0.29, 0.717) is 5.69 Å². The Kier molecular flexibility index (Phi) is 5.68. The van der Waals surface area contributed by atoms with Gasteiger partial charge in [-0.05, 0) is 61.7 Å². The molecule has 7 nitrogen and oxygen atoms in total. The van der Waals surface area contributed by atoms with Crippen LogP contribution in [0.5, 0.6) is 5.88 Å². The highest BCUT2D eigenvalue weighted by atomic mass is 19.1. The minimum absolute atomic E-state index is 0.0528. The Balaban J connectivity index is 1.78. The molecule has 0 spiro atoms. The summed E-state index contributed by atoms with van der Waals surface area (Å²) in [6.45, 7) is 3.58. The standard InChI is InChI=1S/C27H20F2N4O3/c1-3-20-22(26(35)33(30-20)18-12-10-17(28)11-13-18)23-24(31-14-6-7-16(2)15-31)27(36)32(25(23)34)21-9-5-4-8-19(21)29/h4-15H,3H2,1-2H3. The van der Waals surface area contributed by atoms with E-state index in [1.54, 1.807) is 25.4 Å². The van der Waals surface area contributed by atoms with Crippen LogP contribution in [0.25, 0.3) is 17.0 Å². The van der Waals surface area contributed by atoms with E-state index >= 15 is 0 Å². The second-order valence-electron chi connectivity index (χ2n) is 8.28. The zero-order valence-corrected chi connectivity index (χ0v) is 19.4. The zero-order valence-electron chi connectivity index (χ0n) is 19.4. The second-order valence-corrected chi connectivity index (χ2v) is 8.28. The highest BCUT2D eigenvalue weighted by Crippen LogP contribution is 2.39. The number of hydrogen-bond donors (Lipinski definition) is 0. The molecule has 0 fully saturated rings. The fraction of sp³-hybridized carbons (Fsp3) is 0.111. The van der Waals surface area contributed by atoms with E-state index < -0.39 is 29.3 Å². The van der Waals surface area contributed by atoms with E-state index in [4.69, 9.17) is 0 Å². The normalized spacial score (nSPS) is 13.7. The summed E-state index contributed by atoms with van der Waals surface area (Å²) in [5.74, 6) is -3.48. The fourth-order valence-electron chi connectivity index (χ4n) is 4.27. The Morgan fingerprint density at radius 2 is 1.69 bits per heavy atom. The largest absolute Gasteiger partial charge is 0.858 e. The first-order chi connectivity index (χ1) is 17.3. The summed E-state index contributed by atoms with van der Waals surface area (Å²) < 4.78 is 30.7. The number of anilines is 1. The van der Waals surface area contributed by atoms with Crippen LogP contribution in [0.1, 0.15) is 23.7 Å². The van der Waals surface area contributed by atoms with Gasteiger partial charge in [-0.15, -0.1) is 0 Å². The van der Waals surface area contributed by atoms with Crippen LogP contribution in [-0.2, 0) is 16.0 Å². The maximum absolute atomic E-state index is 14.7. The number of nitrogens with zero attached hydrogens (tertiary/aromatic N) is 4. The number of aromatic nitrogens is 3. The minimum Gasteiger partial charge on any atom is -0.858 e. The van der Waals surface area contributed by atoms with E-state index in [2.05, 4.69) is 5.10 Å². The molecule has 180 valence electrons. The average molecular weight is 486 g/mol. The van der Waals surface area contributed by atoms with Crippen LogP contribution in [0.2, 0.25) is 0 Å². The van der Waals surface area contributed by atoms with Crippen molar-refractivity contribution in [1.29, 1.82) is 0 Å². The maximum atomic E-state index is 14.7. The molecule has 2 aromatic carbocycles. The lowest BCUT2D eigenvalue weighted by Gasteiger charge is -2.16. The fourth-order valence-corrected chi connectivity index (χ4v) is 4.27. The predicted octanol–water partition coefficient (Wildman–Crippen LogP) is 3.32. The third-order valence-corrected chi connectivity index (χ3v) is 5.93. The van der Waals surface area contributed by atoms with Gasteiger partial charge in [0, 0.05) is 17.2 Å². The Hall–Kier alpha value is -4.66. The third kappa shape index (κ3) is 3.65. The van der Waals surface area contributed by atoms with E-state index in [-0.39, 0.29) is 34.6 Å². The smallest absolute Gasteiger partial charge is 0.331 e. The third-order valence-electron chi connectivity index (χ3n) is 5.93. The van der Waals surface area contributed by atoms with Crippen LogP contribution in [0.3, 0.4) is 0 Å². The van der Waals surface area contributed by atoms with Crippen molar-refractivity contribution >= 4 is 28.8 Å². The molecule has 3 heterocycles. The molecule has 2 amide bonds. The van der Waals surface area contributed by atoms with Gasteiger partial charge in [0.2, 0.25) is 0 Å². The molecule has 2 aromatic heterocycles. The van der Waals surface area contributed by atoms with Crippen molar-refractivity contribution in [1.82, 2.24) is 9.78 Å². The second kappa shape index (κ2) is 8.84. The zero-order chi connectivity index (χ0) is 25.6. The van der Waals surface area contributed by atoms with Crippen molar-refractivity contribution in [3.63, 3.8) is 0 Å². The number of hydrogen-bond acceptors (Lipinski definition) is 4. The van der Waals surface area contributed by atoms with Gasteiger partial charge >= 0.3 is 5.91 Å². The summed E-state index contributed by atoms with van der Waals surface area (Å²) in [6.07, 6.45) is 3.50. The number of carbonyl (C=O) groups is 2. The van der Waals surface area contributed by atoms with E-state index in [0.717, 1.165) is 21.2 Å². The first-order valence-corrected chi connectivity index (χ1v) is 11.2. The molecule has 0 saturated carbocycles. The van der Waals surface area contributed by atoms with Crippen LogP contribution in [0.15, 0.2) is 73.1 Å². The van der Waals surface area contributed by atoms with Gasteiger partial charge in [-0.3, -0.25) is 9.59 Å². The van der Waals surface area contributed by atoms with Crippen LogP contribution < -0.4 is 14.6 Å². The van der Waals surface area contributed by atoms with Gasteiger partial charge in [-0.2, -0.15) is 9.67 Å². The molecule has 0 unspecified atom stereocenters. The average Bonchev–Trinajstić information content (AvgIpc) is 3.32. The molecule has 9 heteroatoms. The van der Waals surface area contributed by atoms with Gasteiger partial charge in [0.05, 0.1) is 17.1 Å². The van der Waals surface area contributed by atoms with Crippen LogP contribution in [-0.4, -0.2) is 21.6 Å². The molecular weight excluding hydrogens is 466 g/mol. The van der Waals surface area contributed by atoms with Crippen molar-refractivity contribution in [3.05, 3.63) is 102 Å². The van der Waals surface area contributed by atoms with Crippen LogP contribution >= 0.6 is 0 Å². The number of imide groups is 1. The highest BCUT2D eigenvalue weighted by molar-refractivity contribution is 6.53. The van der Waals surface area contributed by atoms with E-state index in [9.17, 15) is 23.5 Å². The van der Waals surface area contributed by atoms with E-state index in [1.165, 1.54) is 47.0 Å². The van der Waals surface area contributed by atoms with Gasteiger partial charge in [0.15, 0.2) is 12.4 Å². The van der Waals surface area contributed by atoms with Gasteiger partial charge in [0.1, 0.15) is 17.2 Å². The maximum Gasteiger partial charge on any atom is 0.331 e. The monoisotopic (exact) mass is 486 g/mol.